The van der Waals surface area contributed by atoms with Crippen LogP contribution in [0.4, 0.5) is 0 Å². The van der Waals surface area contributed by atoms with Crippen molar-refractivity contribution >= 4 is 15.9 Å². The molecule has 0 aromatic heterocycles. The Morgan fingerprint density at radius 2 is 1.70 bits per heavy atom. The fraction of sp³-hybridized carbons (Fsp3) is 0.462. The van der Waals surface area contributed by atoms with Gasteiger partial charge in [-0.3, -0.25) is 4.79 Å². The molecule has 1 aromatic rings. The van der Waals surface area contributed by atoms with E-state index in [2.05, 4.69) is 4.90 Å². The van der Waals surface area contributed by atoms with E-state index in [1.807, 2.05) is 7.05 Å². The highest BCUT2D eigenvalue weighted by atomic mass is 32.2. The minimum Gasteiger partial charge on any atom is -0.366 e. The molecule has 2 N–H and O–H groups in total. The van der Waals surface area contributed by atoms with Crippen molar-refractivity contribution < 1.29 is 13.2 Å². The first-order valence-electron chi connectivity index (χ1n) is 6.43. The molecule has 0 saturated carbocycles. The van der Waals surface area contributed by atoms with Crippen molar-refractivity contribution in [1.29, 1.82) is 0 Å². The number of likely N-dealkylation sites (N-methyl/N-ethyl adjacent to an activating group) is 1. The number of carbonyl (C=O) groups excluding carboxylic acids is 1. The van der Waals surface area contributed by atoms with E-state index in [0.717, 1.165) is 13.1 Å². The van der Waals surface area contributed by atoms with Gasteiger partial charge in [0, 0.05) is 31.7 Å². The van der Waals surface area contributed by atoms with Gasteiger partial charge in [0.05, 0.1) is 5.75 Å². The van der Waals surface area contributed by atoms with Crippen LogP contribution in [0.5, 0.6) is 0 Å². The lowest BCUT2D eigenvalue weighted by Crippen LogP contribution is -2.47. The summed E-state index contributed by atoms with van der Waals surface area (Å²) in [5.41, 5.74) is 6.19. The fourth-order valence-electron chi connectivity index (χ4n) is 2.13. The number of nitrogens with two attached hydrogens (primary N) is 1. The number of carbonyl (C=O) groups is 1. The molecule has 0 bridgehead atoms. The van der Waals surface area contributed by atoms with Crippen LogP contribution in [0.3, 0.4) is 0 Å². The Morgan fingerprint density at radius 1 is 1.15 bits per heavy atom. The first-order valence-corrected chi connectivity index (χ1v) is 8.04. The highest BCUT2D eigenvalue weighted by Gasteiger charge is 2.25. The maximum absolute atomic E-state index is 12.3. The molecule has 1 aliphatic rings. The van der Waals surface area contributed by atoms with Gasteiger partial charge < -0.3 is 10.6 Å². The average Bonchev–Trinajstić information content (AvgIpc) is 2.39. The maximum Gasteiger partial charge on any atom is 0.248 e. The zero-order valence-electron chi connectivity index (χ0n) is 11.4. The summed E-state index contributed by atoms with van der Waals surface area (Å²) in [5.74, 6) is -0.561. The summed E-state index contributed by atoms with van der Waals surface area (Å²) in [6.07, 6.45) is 0. The van der Waals surface area contributed by atoms with Crippen molar-refractivity contribution in [2.45, 2.75) is 5.75 Å². The molecule has 20 heavy (non-hydrogen) atoms. The van der Waals surface area contributed by atoms with E-state index in [9.17, 15) is 13.2 Å². The third kappa shape index (κ3) is 3.56. The van der Waals surface area contributed by atoms with Gasteiger partial charge in [0.1, 0.15) is 0 Å². The molecule has 2 rings (SSSR count). The Hall–Kier alpha value is -1.44. The van der Waals surface area contributed by atoms with Crippen molar-refractivity contribution in [3.05, 3.63) is 35.4 Å². The minimum absolute atomic E-state index is 0.0459. The smallest absolute Gasteiger partial charge is 0.248 e. The summed E-state index contributed by atoms with van der Waals surface area (Å²) in [6, 6.07) is 6.37. The van der Waals surface area contributed by atoms with Crippen molar-refractivity contribution in [2.75, 3.05) is 33.2 Å². The molecule has 7 heteroatoms. The van der Waals surface area contributed by atoms with Gasteiger partial charge in [-0.05, 0) is 24.7 Å². The summed E-state index contributed by atoms with van der Waals surface area (Å²) in [7, 11) is -1.32. The van der Waals surface area contributed by atoms with Gasteiger partial charge in [-0.2, -0.15) is 4.31 Å². The molecule has 6 nitrogen and oxygen atoms in total. The number of hydrogen-bond donors (Lipinski definition) is 1. The molecule has 110 valence electrons. The predicted molar refractivity (Wildman–Crippen MR) is 76.7 cm³/mol. The van der Waals surface area contributed by atoms with Crippen LogP contribution in [-0.4, -0.2) is 56.8 Å². The molecule has 0 radical (unpaired) electrons. The molecule has 1 fully saturated rings. The van der Waals surface area contributed by atoms with Crippen LogP contribution in [-0.2, 0) is 15.8 Å². The maximum atomic E-state index is 12.3. The highest BCUT2D eigenvalue weighted by Crippen LogP contribution is 2.14. The summed E-state index contributed by atoms with van der Waals surface area (Å²) in [6.45, 7) is 2.55. The molecule has 1 amide bonds. The first-order chi connectivity index (χ1) is 9.38. The van der Waals surface area contributed by atoms with E-state index in [1.165, 1.54) is 4.31 Å². The van der Waals surface area contributed by atoms with E-state index >= 15 is 0 Å². The Labute approximate surface area is 119 Å². The van der Waals surface area contributed by atoms with Gasteiger partial charge in [0.15, 0.2) is 0 Å². The van der Waals surface area contributed by atoms with E-state index in [1.54, 1.807) is 24.3 Å². The lowest BCUT2D eigenvalue weighted by atomic mass is 10.1. The fourth-order valence-corrected chi connectivity index (χ4v) is 3.65. The van der Waals surface area contributed by atoms with Gasteiger partial charge in [-0.25, -0.2) is 8.42 Å². The quantitative estimate of drug-likeness (QED) is 0.838. The molecular formula is C13H19N3O3S. The van der Waals surface area contributed by atoms with Gasteiger partial charge in [0.25, 0.3) is 0 Å². The van der Waals surface area contributed by atoms with Crippen molar-refractivity contribution in [1.82, 2.24) is 9.21 Å². The van der Waals surface area contributed by atoms with Crippen LogP contribution >= 0.6 is 0 Å². The highest BCUT2D eigenvalue weighted by molar-refractivity contribution is 7.88. The molecular weight excluding hydrogens is 278 g/mol. The van der Waals surface area contributed by atoms with Gasteiger partial charge in [-0.15, -0.1) is 0 Å². The molecule has 0 unspecified atom stereocenters. The molecule has 0 aliphatic carbocycles. The first kappa shape index (κ1) is 15.0. The number of nitrogens with zero attached hydrogens (tertiary/aromatic N) is 2. The molecule has 0 atom stereocenters. The van der Waals surface area contributed by atoms with Gasteiger partial charge >= 0.3 is 0 Å². The largest absolute Gasteiger partial charge is 0.366 e. The Balaban J connectivity index is 2.06. The molecule has 0 spiro atoms. The summed E-state index contributed by atoms with van der Waals surface area (Å²) < 4.78 is 26.1. The molecule has 1 aliphatic heterocycles. The van der Waals surface area contributed by atoms with Crippen LogP contribution in [0, 0.1) is 0 Å². The van der Waals surface area contributed by atoms with E-state index < -0.39 is 15.9 Å². The van der Waals surface area contributed by atoms with Crippen LogP contribution in [0.1, 0.15) is 15.9 Å². The molecule has 1 aromatic carbocycles. The number of primary amides is 1. The molecule has 1 heterocycles. The number of benzene rings is 1. The second-order valence-corrected chi connectivity index (χ2v) is 6.99. The zero-order chi connectivity index (χ0) is 14.8. The van der Waals surface area contributed by atoms with Gasteiger partial charge in [0.2, 0.25) is 15.9 Å². The van der Waals surface area contributed by atoms with E-state index in [-0.39, 0.29) is 5.75 Å². The SMILES string of the molecule is CN1CCN(S(=O)(=O)Cc2ccc(C(N)=O)cc2)CC1. The number of piperazine rings is 1. The Morgan fingerprint density at radius 3 is 2.20 bits per heavy atom. The summed E-state index contributed by atoms with van der Waals surface area (Å²) in [4.78, 5) is 13.1. The molecule has 1 saturated heterocycles. The van der Waals surface area contributed by atoms with Crippen molar-refractivity contribution in [3.63, 3.8) is 0 Å². The minimum atomic E-state index is -3.30. The number of hydrogen-bond acceptors (Lipinski definition) is 4. The van der Waals surface area contributed by atoms with Crippen LogP contribution < -0.4 is 5.73 Å². The normalized spacial score (nSPS) is 18.1. The van der Waals surface area contributed by atoms with Crippen molar-refractivity contribution in [3.8, 4) is 0 Å². The van der Waals surface area contributed by atoms with E-state index in [4.69, 9.17) is 5.73 Å². The third-order valence-electron chi connectivity index (χ3n) is 3.44. The second kappa shape index (κ2) is 5.90. The van der Waals surface area contributed by atoms with Gasteiger partial charge in [-0.1, -0.05) is 12.1 Å². The van der Waals surface area contributed by atoms with Crippen LogP contribution in [0.15, 0.2) is 24.3 Å². The number of amides is 1. The number of rotatable bonds is 4. The number of sulfonamides is 1. The lowest BCUT2D eigenvalue weighted by Gasteiger charge is -2.31. The van der Waals surface area contributed by atoms with E-state index in [0.29, 0.717) is 24.2 Å². The standard InChI is InChI=1S/C13H19N3O3S/c1-15-6-8-16(9-7-15)20(18,19)10-11-2-4-12(5-3-11)13(14)17/h2-5H,6-10H2,1H3,(H2,14,17). The summed E-state index contributed by atoms with van der Waals surface area (Å²) in [5, 5.41) is 0. The lowest BCUT2D eigenvalue weighted by molar-refractivity contribution is 0.100. The second-order valence-electron chi connectivity index (χ2n) is 5.02. The van der Waals surface area contributed by atoms with Crippen LogP contribution in [0.2, 0.25) is 0 Å². The van der Waals surface area contributed by atoms with Crippen LogP contribution in [0.25, 0.3) is 0 Å². The topological polar surface area (TPSA) is 83.7 Å². The monoisotopic (exact) mass is 297 g/mol. The average molecular weight is 297 g/mol. The Kier molecular flexibility index (Phi) is 4.42. The summed E-state index contributed by atoms with van der Waals surface area (Å²) >= 11 is 0. The zero-order valence-corrected chi connectivity index (χ0v) is 12.3. The third-order valence-corrected chi connectivity index (χ3v) is 5.29. The predicted octanol–water partition coefficient (Wildman–Crippen LogP) is -0.137. The Bertz CT molecular complexity index is 575. The van der Waals surface area contributed by atoms with Crippen molar-refractivity contribution in [2.24, 2.45) is 5.73 Å².